The van der Waals surface area contributed by atoms with E-state index in [1.54, 1.807) is 30.3 Å². The maximum Gasteiger partial charge on any atom is 0.692 e. The van der Waals surface area contributed by atoms with Gasteiger partial charge in [-0.15, -0.1) is 9.79 Å². The number of rotatable bonds is 3. The first-order valence-corrected chi connectivity index (χ1v) is 11.3. The molecule has 10 N–H and O–H groups in total. The lowest BCUT2D eigenvalue weighted by molar-refractivity contribution is 0.0696. The monoisotopic (exact) mass is 479 g/mol. The van der Waals surface area contributed by atoms with Gasteiger partial charge < -0.3 is 39.4 Å². The molecule has 0 atom stereocenters. The molecule has 0 bridgehead atoms. The number of carboxylic acids is 1. The first-order valence-electron chi connectivity index (χ1n) is 5.48. The summed E-state index contributed by atoms with van der Waals surface area (Å²) in [6.07, 6.45) is 0. The molecular formula is C7H15O16P4+. The minimum absolute atomic E-state index is 0.331. The zero-order valence-corrected chi connectivity index (χ0v) is 16.2. The van der Waals surface area contributed by atoms with E-state index in [-0.39, 0.29) is 0 Å². The van der Waals surface area contributed by atoms with E-state index in [1.165, 1.54) is 0 Å². The first kappa shape index (κ1) is 30.8. The van der Waals surface area contributed by atoms with Crippen molar-refractivity contribution in [2.45, 2.75) is 0 Å². The molecule has 1 rings (SSSR count). The van der Waals surface area contributed by atoms with Crippen LogP contribution in [0.5, 0.6) is 0 Å². The molecule has 0 amide bonds. The Hall–Kier alpha value is -0.920. The Bertz CT molecular complexity index is 666. The largest absolute Gasteiger partial charge is 0.692 e. The molecule has 0 fully saturated rings. The summed E-state index contributed by atoms with van der Waals surface area (Å²) in [4.78, 5) is 77.0. The molecule has 0 radical (unpaired) electrons. The van der Waals surface area contributed by atoms with Gasteiger partial charge in [-0.05, 0) is 12.1 Å². The third kappa shape index (κ3) is 45.8. The summed E-state index contributed by atoms with van der Waals surface area (Å²) in [5.74, 6) is -0.879. The van der Waals surface area contributed by atoms with Crippen molar-refractivity contribution in [2.75, 3.05) is 0 Å². The Morgan fingerprint density at radius 1 is 0.815 bits per heavy atom. The van der Waals surface area contributed by atoms with E-state index in [1.807, 2.05) is 0 Å². The molecule has 1 aromatic rings. The summed E-state index contributed by atoms with van der Waals surface area (Å²) in [7, 11) is -17.6. The van der Waals surface area contributed by atoms with Crippen LogP contribution in [0.15, 0.2) is 30.3 Å². The van der Waals surface area contributed by atoms with E-state index in [0.717, 1.165) is 0 Å². The van der Waals surface area contributed by atoms with Gasteiger partial charge in [-0.3, -0.25) is 0 Å². The van der Waals surface area contributed by atoms with Gasteiger partial charge >= 0.3 is 37.7 Å². The van der Waals surface area contributed by atoms with Crippen LogP contribution in [0.25, 0.3) is 0 Å². The molecule has 0 aromatic heterocycles. The maximum atomic E-state index is 10.2. The second-order valence-corrected chi connectivity index (χ2v) is 7.65. The van der Waals surface area contributed by atoms with E-state index < -0.39 is 37.7 Å². The lowest BCUT2D eigenvalue weighted by Crippen LogP contribution is -1.93. The van der Waals surface area contributed by atoms with Crippen molar-refractivity contribution in [2.24, 2.45) is 0 Å². The highest BCUT2D eigenvalue weighted by molar-refractivity contribution is 7.60. The van der Waals surface area contributed by atoms with Crippen molar-refractivity contribution in [3.8, 4) is 0 Å². The summed E-state index contributed by atoms with van der Waals surface area (Å²) in [6.45, 7) is 0. The highest BCUT2D eigenvalue weighted by atomic mass is 31.3. The fourth-order valence-corrected chi connectivity index (χ4v) is 1.83. The third-order valence-corrected chi connectivity index (χ3v) is 2.94. The van der Waals surface area contributed by atoms with Gasteiger partial charge in [0.25, 0.3) is 0 Å². The van der Waals surface area contributed by atoms with E-state index >= 15 is 0 Å². The zero-order valence-electron chi connectivity index (χ0n) is 12.6. The van der Waals surface area contributed by atoms with Crippen LogP contribution in [0.4, 0.5) is 0 Å². The van der Waals surface area contributed by atoms with Crippen LogP contribution in [0, 0.1) is 0 Å². The highest BCUT2D eigenvalue weighted by Crippen LogP contribution is 2.53. The van der Waals surface area contributed by atoms with Crippen LogP contribution in [0.2, 0.25) is 0 Å². The van der Waals surface area contributed by atoms with Crippen LogP contribution < -0.4 is 0 Å². The predicted molar refractivity (Wildman–Crippen MR) is 84.9 cm³/mol. The lowest BCUT2D eigenvalue weighted by atomic mass is 10.2. The SMILES string of the molecule is O=C(O)c1ccccc1.O=P(O)(O)O.O=P(O)(O)OP(=O)(O)O.O=[P+](O)O. The van der Waals surface area contributed by atoms with Crippen LogP contribution in [0.1, 0.15) is 10.4 Å². The van der Waals surface area contributed by atoms with Crippen LogP contribution in [-0.2, 0) is 22.6 Å². The average molecular weight is 479 g/mol. The second kappa shape index (κ2) is 14.1. The fourth-order valence-electron chi connectivity index (χ4n) is 0.719. The number of aromatic carboxylic acids is 1. The molecule has 27 heavy (non-hydrogen) atoms. The Morgan fingerprint density at radius 3 is 1.19 bits per heavy atom. The van der Waals surface area contributed by atoms with Gasteiger partial charge in [-0.2, -0.15) is 4.31 Å². The number of carbonyl (C=O) groups is 1. The lowest BCUT2D eigenvalue weighted by Gasteiger charge is -2.03. The molecule has 0 saturated heterocycles. The maximum absolute atomic E-state index is 10.2. The van der Waals surface area contributed by atoms with Gasteiger partial charge in [0.1, 0.15) is 0 Å². The third-order valence-electron chi connectivity index (χ3n) is 1.23. The quantitative estimate of drug-likeness (QED) is 0.239. The fraction of sp³-hybridized carbons (Fsp3) is 0. The number of phosphoric acid groups is 3. The van der Waals surface area contributed by atoms with E-state index in [0.29, 0.717) is 5.56 Å². The zero-order chi connectivity index (χ0) is 22.5. The van der Waals surface area contributed by atoms with Crippen LogP contribution in [0.3, 0.4) is 0 Å². The Balaban J connectivity index is -0.000000302. The number of carboxylic acid groups (broad SMARTS) is 1. The molecule has 0 saturated carbocycles. The Kier molecular flexibility index (Phi) is 16.1. The Labute approximate surface area is 151 Å². The van der Waals surface area contributed by atoms with E-state index in [4.69, 9.17) is 58.3 Å². The average Bonchev–Trinajstić information content (AvgIpc) is 2.33. The summed E-state index contributed by atoms with van der Waals surface area (Å²) in [5.41, 5.74) is 0.331. The molecule has 1 aromatic carbocycles. The van der Waals surface area contributed by atoms with Crippen molar-refractivity contribution in [3.63, 3.8) is 0 Å². The number of hydrogen-bond donors (Lipinski definition) is 10. The van der Waals surface area contributed by atoms with E-state index in [9.17, 15) is 13.9 Å². The van der Waals surface area contributed by atoms with Crippen LogP contribution >= 0.6 is 31.7 Å². The highest BCUT2D eigenvalue weighted by Gasteiger charge is 2.27. The molecule has 158 valence electrons. The van der Waals surface area contributed by atoms with Gasteiger partial charge in [0, 0.05) is 4.57 Å². The van der Waals surface area contributed by atoms with Gasteiger partial charge in [-0.1, -0.05) is 18.2 Å². The van der Waals surface area contributed by atoms with Crippen molar-refractivity contribution < 1.29 is 76.5 Å². The van der Waals surface area contributed by atoms with Crippen molar-refractivity contribution >= 4 is 37.7 Å². The van der Waals surface area contributed by atoms with Gasteiger partial charge in [0.2, 0.25) is 0 Å². The summed E-state index contributed by atoms with van der Waals surface area (Å²) in [5, 5.41) is 8.38. The van der Waals surface area contributed by atoms with Gasteiger partial charge in [0.05, 0.1) is 5.56 Å². The molecule has 0 unspecified atom stereocenters. The van der Waals surface area contributed by atoms with Gasteiger partial charge in [-0.25, -0.2) is 18.5 Å². The first-order chi connectivity index (χ1) is 11.7. The van der Waals surface area contributed by atoms with Crippen molar-refractivity contribution in [3.05, 3.63) is 35.9 Å². The van der Waals surface area contributed by atoms with Crippen LogP contribution in [-0.4, -0.2) is 55.1 Å². The molecule has 20 heteroatoms. The normalized spacial score (nSPS) is 10.7. The number of benzene rings is 1. The minimum Gasteiger partial charge on any atom is -0.478 e. The number of hydrogen-bond acceptors (Lipinski definition) is 6. The summed E-state index contributed by atoms with van der Waals surface area (Å²) in [6, 6.07) is 8.30. The minimum atomic E-state index is -5.05. The van der Waals surface area contributed by atoms with Gasteiger partial charge in [0.15, 0.2) is 0 Å². The molecule has 0 aliphatic heterocycles. The predicted octanol–water partition coefficient (Wildman–Crippen LogP) is -0.727. The molecule has 16 nitrogen and oxygen atoms in total. The van der Waals surface area contributed by atoms with Crippen molar-refractivity contribution in [1.29, 1.82) is 0 Å². The summed E-state index contributed by atoms with van der Waals surface area (Å²) < 4.78 is 39.8. The molecule has 0 aliphatic carbocycles. The smallest absolute Gasteiger partial charge is 0.478 e. The van der Waals surface area contributed by atoms with E-state index in [2.05, 4.69) is 4.31 Å². The second-order valence-electron chi connectivity index (χ2n) is 3.50. The molecular weight excluding hydrogens is 464 g/mol. The molecule has 0 aliphatic rings. The standard InChI is InChI=1S/C7H6O2.H4O7P2.H3O4P.HO3P/c8-7(9)6-4-2-1-3-5-6;1-8(2,3)7-9(4,5)6;1-5(2,3)4;1-4(2)3/h1-5H,(H,8,9);(H2,1,2,3)(H2,4,5,6);(H3,1,2,3,4);(H-,1,2,3)/p+1. The Morgan fingerprint density at radius 2 is 1.07 bits per heavy atom. The summed E-state index contributed by atoms with van der Waals surface area (Å²) >= 11 is 0. The molecule has 0 heterocycles. The molecule has 0 spiro atoms. The topological polar surface area (TPSA) is 297 Å². The van der Waals surface area contributed by atoms with Crippen molar-refractivity contribution in [1.82, 2.24) is 0 Å².